The fourth-order valence-electron chi connectivity index (χ4n) is 2.23. The normalized spacial score (nSPS) is 26.9. The van der Waals surface area contributed by atoms with Crippen molar-refractivity contribution in [2.45, 2.75) is 31.5 Å². The van der Waals surface area contributed by atoms with E-state index in [9.17, 15) is 29.9 Å². The van der Waals surface area contributed by atoms with Gasteiger partial charge in [0.1, 0.15) is 12.2 Å². The average Bonchev–Trinajstić information content (AvgIpc) is 2.75. The van der Waals surface area contributed by atoms with E-state index in [2.05, 4.69) is 4.98 Å². The number of anilines is 1. The number of ether oxygens (including phenoxy) is 2. The lowest BCUT2D eigenvalue weighted by Crippen LogP contribution is -2.39. The highest BCUT2D eigenvalue weighted by Gasteiger charge is 2.47. The second-order valence-corrected chi connectivity index (χ2v) is 4.77. The number of carbonyl (C=O) groups is 1. The van der Waals surface area contributed by atoms with Crippen LogP contribution in [0.1, 0.15) is 13.2 Å². The lowest BCUT2D eigenvalue weighted by Gasteiger charge is -2.19. The molecule has 12 heteroatoms. The van der Waals surface area contributed by atoms with E-state index in [1.807, 2.05) is 0 Å². The van der Waals surface area contributed by atoms with Crippen molar-refractivity contribution in [1.29, 1.82) is 0 Å². The summed E-state index contributed by atoms with van der Waals surface area (Å²) >= 11 is 0. The first kappa shape index (κ1) is 16.8. The third kappa shape index (κ3) is 3.13. The molecule has 0 spiro atoms. The first-order valence-electron chi connectivity index (χ1n) is 6.41. The van der Waals surface area contributed by atoms with E-state index in [0.717, 1.165) is 13.1 Å². The molecule has 1 aliphatic rings. The Morgan fingerprint density at radius 1 is 1.65 bits per heavy atom. The molecular weight excluding hydrogens is 316 g/mol. The molecule has 2 heterocycles. The number of aromatic nitrogens is 2. The Morgan fingerprint density at radius 2 is 2.30 bits per heavy atom. The summed E-state index contributed by atoms with van der Waals surface area (Å²) in [6.07, 6.45) is -4.56. The van der Waals surface area contributed by atoms with E-state index in [1.54, 1.807) is 0 Å². The van der Waals surface area contributed by atoms with Crippen LogP contribution in [0, 0.1) is 10.1 Å². The summed E-state index contributed by atoms with van der Waals surface area (Å²) in [4.78, 5) is 36.2. The molecule has 1 saturated heterocycles. The van der Waals surface area contributed by atoms with E-state index in [1.165, 1.54) is 0 Å². The molecule has 2 rings (SSSR count). The average molecular weight is 330 g/mol. The van der Waals surface area contributed by atoms with Gasteiger partial charge in [-0.1, -0.05) is 0 Å². The highest BCUT2D eigenvalue weighted by Crippen LogP contribution is 2.31. The van der Waals surface area contributed by atoms with E-state index in [0.29, 0.717) is 4.57 Å². The maximum atomic E-state index is 11.9. The summed E-state index contributed by atoms with van der Waals surface area (Å²) < 4.78 is 10.8. The number of rotatable bonds is 4. The lowest BCUT2D eigenvalue weighted by molar-refractivity contribution is -0.384. The van der Waals surface area contributed by atoms with Gasteiger partial charge in [0.05, 0.1) is 17.7 Å². The second-order valence-electron chi connectivity index (χ2n) is 4.77. The van der Waals surface area contributed by atoms with Crippen LogP contribution in [0.4, 0.5) is 11.5 Å². The van der Waals surface area contributed by atoms with Crippen LogP contribution in [0.5, 0.6) is 0 Å². The minimum absolute atomic E-state index is 0.584. The van der Waals surface area contributed by atoms with Crippen molar-refractivity contribution < 1.29 is 29.4 Å². The Bertz CT molecular complexity index is 689. The lowest BCUT2D eigenvalue weighted by atomic mass is 10.1. The van der Waals surface area contributed by atoms with Gasteiger partial charge in [0.2, 0.25) is 5.82 Å². The van der Waals surface area contributed by atoms with E-state index in [4.69, 9.17) is 15.2 Å². The highest BCUT2D eigenvalue weighted by atomic mass is 16.6. The second kappa shape index (κ2) is 6.28. The van der Waals surface area contributed by atoms with Crippen molar-refractivity contribution in [1.82, 2.24) is 9.55 Å². The summed E-state index contributed by atoms with van der Waals surface area (Å²) in [6, 6.07) is 0. The van der Waals surface area contributed by atoms with Crippen molar-refractivity contribution in [2.75, 3.05) is 12.3 Å². The first-order chi connectivity index (χ1) is 10.8. The predicted molar refractivity (Wildman–Crippen MR) is 72.1 cm³/mol. The van der Waals surface area contributed by atoms with Crippen LogP contribution < -0.4 is 11.4 Å². The molecule has 0 saturated carbocycles. The molecule has 0 radical (unpaired) electrons. The molecule has 0 amide bonds. The van der Waals surface area contributed by atoms with Crippen LogP contribution in [-0.4, -0.2) is 55.6 Å². The minimum Gasteiger partial charge on any atom is -0.457 e. The van der Waals surface area contributed by atoms with E-state index >= 15 is 0 Å². The van der Waals surface area contributed by atoms with E-state index in [-0.39, 0.29) is 0 Å². The van der Waals surface area contributed by atoms with Gasteiger partial charge in [-0.05, 0) is 0 Å². The van der Waals surface area contributed by atoms with Gasteiger partial charge in [0, 0.05) is 6.92 Å². The molecule has 1 aromatic heterocycles. The SMILES string of the molecule is CC(=O)O[C@H]1[C@H](O)[C@H](n2cc([N+](=O)[O-])c(N)nc2=O)O[C@@H]1CO. The minimum atomic E-state index is -1.54. The van der Waals surface area contributed by atoms with Crippen molar-refractivity contribution >= 4 is 17.5 Å². The van der Waals surface area contributed by atoms with Crippen LogP contribution in [0.3, 0.4) is 0 Å². The Labute approximate surface area is 128 Å². The van der Waals surface area contributed by atoms with Crippen molar-refractivity contribution in [3.63, 3.8) is 0 Å². The smallest absolute Gasteiger partial charge is 0.352 e. The van der Waals surface area contributed by atoms with Crippen LogP contribution in [-0.2, 0) is 14.3 Å². The van der Waals surface area contributed by atoms with Gasteiger partial charge in [-0.15, -0.1) is 0 Å². The molecule has 4 atom stereocenters. The maximum Gasteiger partial charge on any atom is 0.352 e. The monoisotopic (exact) mass is 330 g/mol. The number of aliphatic hydroxyl groups excluding tert-OH is 2. The zero-order valence-corrected chi connectivity index (χ0v) is 11.9. The molecule has 0 aromatic carbocycles. The largest absolute Gasteiger partial charge is 0.457 e. The zero-order valence-electron chi connectivity index (χ0n) is 11.9. The van der Waals surface area contributed by atoms with Crippen molar-refractivity contribution in [2.24, 2.45) is 0 Å². The number of aliphatic hydroxyl groups is 2. The quantitative estimate of drug-likeness (QED) is 0.315. The fraction of sp³-hybridized carbons (Fsp3) is 0.545. The topological polar surface area (TPSA) is 180 Å². The summed E-state index contributed by atoms with van der Waals surface area (Å²) in [5.74, 6) is -1.32. The molecule has 126 valence electrons. The van der Waals surface area contributed by atoms with Crippen molar-refractivity contribution in [3.05, 3.63) is 26.8 Å². The van der Waals surface area contributed by atoms with Gasteiger partial charge in [0.25, 0.3) is 0 Å². The van der Waals surface area contributed by atoms with Crippen LogP contribution in [0.15, 0.2) is 11.0 Å². The summed E-state index contributed by atoms with van der Waals surface area (Å²) in [5.41, 5.74) is 3.63. The number of nitrogen functional groups attached to an aromatic ring is 1. The van der Waals surface area contributed by atoms with Gasteiger partial charge in [0.15, 0.2) is 12.3 Å². The predicted octanol–water partition coefficient (Wildman–Crippen LogP) is -2.08. The summed E-state index contributed by atoms with van der Waals surface area (Å²) in [6.45, 7) is 0.487. The number of nitrogens with zero attached hydrogens (tertiary/aromatic N) is 3. The molecule has 0 bridgehead atoms. The standard InChI is InChI=1S/C11H14N4O8/c1-4(17)22-8-6(3-16)23-10(7(8)18)14-2-5(15(20)21)9(12)13-11(14)19/h2,6-8,10,16,18H,3H2,1H3,(H2,12,13,19)/t6-,7+,8-,10-/m1/s1. The molecule has 1 aromatic rings. The third-order valence-electron chi connectivity index (χ3n) is 3.22. The zero-order chi connectivity index (χ0) is 17.3. The van der Waals surface area contributed by atoms with Gasteiger partial charge in [-0.3, -0.25) is 19.5 Å². The van der Waals surface area contributed by atoms with Gasteiger partial charge >= 0.3 is 17.3 Å². The Kier molecular flexibility index (Phi) is 4.58. The van der Waals surface area contributed by atoms with Crippen LogP contribution in [0.25, 0.3) is 0 Å². The van der Waals surface area contributed by atoms with Crippen molar-refractivity contribution in [3.8, 4) is 0 Å². The molecular formula is C11H14N4O8. The highest BCUT2D eigenvalue weighted by molar-refractivity contribution is 5.66. The molecule has 1 fully saturated rings. The summed E-state index contributed by atoms with van der Waals surface area (Å²) in [5, 5.41) is 30.3. The van der Waals surface area contributed by atoms with E-state index < -0.39 is 59.2 Å². The Balaban J connectivity index is 2.42. The molecule has 4 N–H and O–H groups in total. The van der Waals surface area contributed by atoms with Gasteiger partial charge < -0.3 is 25.4 Å². The Morgan fingerprint density at radius 3 is 2.83 bits per heavy atom. The number of hydrogen-bond donors (Lipinski definition) is 3. The fourth-order valence-corrected chi connectivity index (χ4v) is 2.23. The maximum absolute atomic E-state index is 11.9. The van der Waals surface area contributed by atoms with Gasteiger partial charge in [-0.25, -0.2) is 4.79 Å². The summed E-state index contributed by atoms with van der Waals surface area (Å²) in [7, 11) is 0. The van der Waals surface area contributed by atoms with Crippen LogP contribution >= 0.6 is 0 Å². The molecule has 1 aliphatic heterocycles. The molecule has 23 heavy (non-hydrogen) atoms. The molecule has 12 nitrogen and oxygen atoms in total. The number of nitro groups is 1. The molecule has 0 unspecified atom stereocenters. The third-order valence-corrected chi connectivity index (χ3v) is 3.22. The molecule has 0 aliphatic carbocycles. The number of hydrogen-bond acceptors (Lipinski definition) is 10. The number of nitrogens with two attached hydrogens (primary N) is 1. The number of esters is 1. The van der Waals surface area contributed by atoms with Gasteiger partial charge in [-0.2, -0.15) is 4.98 Å². The van der Waals surface area contributed by atoms with Crippen LogP contribution in [0.2, 0.25) is 0 Å². The first-order valence-corrected chi connectivity index (χ1v) is 6.41. The number of carbonyl (C=O) groups excluding carboxylic acids is 1. The Hall–Kier alpha value is -2.57.